The summed E-state index contributed by atoms with van der Waals surface area (Å²) in [6.07, 6.45) is 1.69. The number of nitrogens with one attached hydrogen (secondary N) is 1. The predicted molar refractivity (Wildman–Crippen MR) is 96.2 cm³/mol. The maximum absolute atomic E-state index is 13.0. The number of piperidine rings is 1. The van der Waals surface area contributed by atoms with E-state index in [1.54, 1.807) is 10.4 Å². The number of amides is 3. The summed E-state index contributed by atoms with van der Waals surface area (Å²) in [7, 11) is 0. The summed E-state index contributed by atoms with van der Waals surface area (Å²) < 4.78 is 13.0. The molecule has 0 aliphatic carbocycles. The SMILES string of the molecule is O=C(Nc1ccc(F)cc1)N1C[C@@H]2CC[C@H](C1)N(Cc1cscn1)C2=O. The third kappa shape index (κ3) is 3.41. The van der Waals surface area contributed by atoms with Crippen molar-refractivity contribution in [1.29, 1.82) is 0 Å². The third-order valence-corrected chi connectivity index (χ3v) is 5.63. The lowest BCUT2D eigenvalue weighted by Gasteiger charge is -2.35. The lowest BCUT2D eigenvalue weighted by atomic mass is 9.94. The molecule has 2 aromatic rings. The summed E-state index contributed by atoms with van der Waals surface area (Å²) in [6.45, 7) is 1.41. The zero-order chi connectivity index (χ0) is 18.1. The minimum absolute atomic E-state index is 0.00178. The van der Waals surface area contributed by atoms with Gasteiger partial charge in [-0.2, -0.15) is 0 Å². The lowest BCUT2D eigenvalue weighted by Crippen LogP contribution is -2.47. The van der Waals surface area contributed by atoms with Crippen LogP contribution in [0.25, 0.3) is 0 Å². The highest BCUT2D eigenvalue weighted by Gasteiger charge is 2.42. The largest absolute Gasteiger partial charge is 0.332 e. The van der Waals surface area contributed by atoms with E-state index in [4.69, 9.17) is 0 Å². The summed E-state index contributed by atoms with van der Waals surface area (Å²) in [5.41, 5.74) is 3.19. The molecule has 3 amide bonds. The van der Waals surface area contributed by atoms with Gasteiger partial charge in [0.25, 0.3) is 0 Å². The molecule has 5 rings (SSSR count). The second-order valence-electron chi connectivity index (χ2n) is 6.72. The molecule has 0 radical (unpaired) electrons. The van der Waals surface area contributed by atoms with E-state index >= 15 is 0 Å². The molecule has 3 aliphatic heterocycles. The Kier molecular flexibility index (Phi) is 4.58. The van der Waals surface area contributed by atoms with Gasteiger partial charge in [-0.3, -0.25) is 4.79 Å². The third-order valence-electron chi connectivity index (χ3n) is 4.99. The summed E-state index contributed by atoms with van der Waals surface area (Å²) in [5.74, 6) is -0.420. The molecule has 6 nitrogen and oxygen atoms in total. The van der Waals surface area contributed by atoms with Gasteiger partial charge in [-0.1, -0.05) is 0 Å². The number of hydrogen-bond acceptors (Lipinski definition) is 4. The minimum Gasteiger partial charge on any atom is -0.332 e. The molecule has 2 atom stereocenters. The van der Waals surface area contributed by atoms with E-state index in [-0.39, 0.29) is 29.7 Å². The van der Waals surface area contributed by atoms with Crippen LogP contribution >= 0.6 is 11.3 Å². The fourth-order valence-electron chi connectivity index (χ4n) is 3.64. The summed E-state index contributed by atoms with van der Waals surface area (Å²) in [4.78, 5) is 33.3. The maximum Gasteiger partial charge on any atom is 0.321 e. The first-order chi connectivity index (χ1) is 12.6. The quantitative estimate of drug-likeness (QED) is 0.898. The first-order valence-corrected chi connectivity index (χ1v) is 9.53. The Hall–Kier alpha value is -2.48. The van der Waals surface area contributed by atoms with Crippen LogP contribution in [-0.4, -0.2) is 45.9 Å². The molecule has 3 saturated heterocycles. The minimum atomic E-state index is -0.348. The van der Waals surface area contributed by atoms with Gasteiger partial charge in [0.2, 0.25) is 5.91 Å². The number of urea groups is 1. The Bertz CT molecular complexity index is 796. The van der Waals surface area contributed by atoms with Crippen molar-refractivity contribution < 1.29 is 14.0 Å². The van der Waals surface area contributed by atoms with Gasteiger partial charge >= 0.3 is 6.03 Å². The highest BCUT2D eigenvalue weighted by molar-refractivity contribution is 7.07. The standard InChI is InChI=1S/C18H19FN4O2S/c19-13-2-4-14(5-3-13)21-18(25)22-7-12-1-6-16(9-22)23(17(12)24)8-15-10-26-11-20-15/h2-5,10-12,16H,1,6-9H2,(H,21,25)/t12-,16+/m0/s1. The van der Waals surface area contributed by atoms with Gasteiger partial charge in [0, 0.05) is 30.2 Å². The smallest absolute Gasteiger partial charge is 0.321 e. The van der Waals surface area contributed by atoms with Crippen molar-refractivity contribution in [1.82, 2.24) is 14.8 Å². The van der Waals surface area contributed by atoms with Crippen LogP contribution in [0.3, 0.4) is 0 Å². The van der Waals surface area contributed by atoms with Crippen LogP contribution in [0.4, 0.5) is 14.9 Å². The number of thiazole rings is 1. The molecule has 0 spiro atoms. The normalized spacial score (nSPS) is 22.4. The molecule has 136 valence electrons. The molecule has 0 unspecified atom stereocenters. The van der Waals surface area contributed by atoms with Gasteiger partial charge in [-0.25, -0.2) is 14.2 Å². The highest BCUT2D eigenvalue weighted by atomic mass is 32.1. The van der Waals surface area contributed by atoms with Crippen LogP contribution in [0.15, 0.2) is 35.2 Å². The van der Waals surface area contributed by atoms with Gasteiger partial charge in [-0.05, 0) is 37.1 Å². The summed E-state index contributed by atoms with van der Waals surface area (Å²) >= 11 is 1.51. The number of rotatable bonds is 3. The van der Waals surface area contributed by atoms with Crippen LogP contribution in [0, 0.1) is 11.7 Å². The number of fused-ring (bicyclic) bond motifs is 4. The molecular formula is C18H19FN4O2S. The Morgan fingerprint density at radius 1 is 1.27 bits per heavy atom. The monoisotopic (exact) mass is 374 g/mol. The van der Waals surface area contributed by atoms with E-state index in [9.17, 15) is 14.0 Å². The molecule has 0 saturated carbocycles. The van der Waals surface area contributed by atoms with Gasteiger partial charge in [-0.15, -0.1) is 11.3 Å². The second-order valence-corrected chi connectivity index (χ2v) is 7.43. The van der Waals surface area contributed by atoms with Crippen molar-refractivity contribution in [3.05, 3.63) is 46.7 Å². The van der Waals surface area contributed by atoms with Crippen LogP contribution in [0.5, 0.6) is 0 Å². The van der Waals surface area contributed by atoms with Crippen molar-refractivity contribution >= 4 is 29.0 Å². The topological polar surface area (TPSA) is 65.5 Å². The van der Waals surface area contributed by atoms with E-state index in [2.05, 4.69) is 10.3 Å². The molecule has 1 aromatic carbocycles. The number of carbonyl (C=O) groups excluding carboxylic acids is 2. The van der Waals surface area contributed by atoms with Gasteiger partial charge in [0.05, 0.1) is 23.7 Å². The number of anilines is 1. The van der Waals surface area contributed by atoms with E-state index in [1.165, 1.54) is 35.6 Å². The van der Waals surface area contributed by atoms with Crippen molar-refractivity contribution in [3.63, 3.8) is 0 Å². The van der Waals surface area contributed by atoms with Crippen LogP contribution < -0.4 is 5.32 Å². The van der Waals surface area contributed by atoms with Crippen LogP contribution in [0.2, 0.25) is 0 Å². The Morgan fingerprint density at radius 2 is 2.08 bits per heavy atom. The predicted octanol–water partition coefficient (Wildman–Crippen LogP) is 2.94. The van der Waals surface area contributed by atoms with Crippen molar-refractivity contribution in [3.8, 4) is 0 Å². The Labute approximate surface area is 154 Å². The molecule has 1 N–H and O–H groups in total. The maximum atomic E-state index is 13.0. The Morgan fingerprint density at radius 3 is 2.81 bits per heavy atom. The van der Waals surface area contributed by atoms with Crippen molar-refractivity contribution in [2.45, 2.75) is 25.4 Å². The van der Waals surface area contributed by atoms with E-state index in [0.29, 0.717) is 25.3 Å². The average Bonchev–Trinajstić information content (AvgIpc) is 2.99. The molecule has 26 heavy (non-hydrogen) atoms. The van der Waals surface area contributed by atoms with Crippen molar-refractivity contribution in [2.24, 2.45) is 5.92 Å². The van der Waals surface area contributed by atoms with Crippen LogP contribution in [-0.2, 0) is 11.3 Å². The number of carbonyl (C=O) groups is 2. The zero-order valence-electron chi connectivity index (χ0n) is 14.1. The van der Waals surface area contributed by atoms with E-state index in [1.807, 2.05) is 10.3 Å². The zero-order valence-corrected chi connectivity index (χ0v) is 14.9. The number of hydrogen-bond donors (Lipinski definition) is 1. The molecular weight excluding hydrogens is 355 g/mol. The molecule has 1 aromatic heterocycles. The van der Waals surface area contributed by atoms with Crippen molar-refractivity contribution in [2.75, 3.05) is 18.4 Å². The summed E-state index contributed by atoms with van der Waals surface area (Å²) in [5, 5.41) is 4.74. The number of aromatic nitrogens is 1. The van der Waals surface area contributed by atoms with Crippen LogP contribution in [0.1, 0.15) is 18.5 Å². The molecule has 8 heteroatoms. The lowest BCUT2D eigenvalue weighted by molar-refractivity contribution is -0.140. The fraction of sp³-hybridized carbons (Fsp3) is 0.389. The van der Waals surface area contributed by atoms with Gasteiger partial charge in [0.1, 0.15) is 5.82 Å². The average molecular weight is 374 g/mol. The first-order valence-electron chi connectivity index (χ1n) is 8.59. The molecule has 2 bridgehead atoms. The van der Waals surface area contributed by atoms with E-state index in [0.717, 1.165) is 18.5 Å². The number of benzene rings is 1. The summed E-state index contributed by atoms with van der Waals surface area (Å²) in [6, 6.07) is 5.42. The number of nitrogens with zero attached hydrogens (tertiary/aromatic N) is 3. The number of halogens is 1. The first kappa shape index (κ1) is 17.0. The fourth-order valence-corrected chi connectivity index (χ4v) is 4.19. The highest BCUT2D eigenvalue weighted by Crippen LogP contribution is 2.30. The van der Waals surface area contributed by atoms with Gasteiger partial charge < -0.3 is 15.1 Å². The molecule has 3 fully saturated rings. The molecule has 3 aliphatic rings. The Balaban J connectivity index is 1.47. The van der Waals surface area contributed by atoms with E-state index < -0.39 is 0 Å². The second kappa shape index (κ2) is 7.03. The van der Waals surface area contributed by atoms with Gasteiger partial charge in [0.15, 0.2) is 0 Å². The molecule has 4 heterocycles.